The number of rotatable bonds is 5. The molecule has 0 aliphatic rings. The number of para-hydroxylation sites is 2. The number of hydrogen-bond donors (Lipinski definition) is 0. The molecule has 0 radical (unpaired) electrons. The van der Waals surface area contributed by atoms with Gasteiger partial charge in [-0.2, -0.15) is 0 Å². The van der Waals surface area contributed by atoms with Crippen molar-refractivity contribution in [2.24, 2.45) is 0 Å². The van der Waals surface area contributed by atoms with Crippen LogP contribution in [0.15, 0.2) is 39.6 Å². The fraction of sp³-hybridized carbons (Fsp3) is 0.286. The first kappa shape index (κ1) is 12.4. The van der Waals surface area contributed by atoms with E-state index in [1.807, 2.05) is 13.0 Å². The summed E-state index contributed by atoms with van der Waals surface area (Å²) in [7, 11) is 0. The SMILES string of the molecule is CCCCC(=O)C=Cn1c(=O)oc2ccccc21. The van der Waals surface area contributed by atoms with E-state index in [0.717, 1.165) is 12.8 Å². The number of unbranched alkanes of at least 4 members (excludes halogenated alkanes) is 1. The molecule has 4 heteroatoms. The Labute approximate surface area is 105 Å². The summed E-state index contributed by atoms with van der Waals surface area (Å²) in [4.78, 5) is 23.1. The van der Waals surface area contributed by atoms with Gasteiger partial charge >= 0.3 is 5.76 Å². The van der Waals surface area contributed by atoms with Gasteiger partial charge in [0.25, 0.3) is 0 Å². The van der Waals surface area contributed by atoms with Gasteiger partial charge in [0.2, 0.25) is 0 Å². The molecule has 0 spiro atoms. The highest BCUT2D eigenvalue weighted by Crippen LogP contribution is 2.11. The van der Waals surface area contributed by atoms with Crippen LogP contribution >= 0.6 is 0 Å². The number of ketones is 1. The molecule has 18 heavy (non-hydrogen) atoms. The highest BCUT2D eigenvalue weighted by atomic mass is 16.4. The van der Waals surface area contributed by atoms with Crippen LogP contribution in [0.1, 0.15) is 26.2 Å². The molecule has 0 amide bonds. The summed E-state index contributed by atoms with van der Waals surface area (Å²) in [6.07, 6.45) is 5.26. The minimum atomic E-state index is -0.476. The molecule has 0 N–H and O–H groups in total. The lowest BCUT2D eigenvalue weighted by Gasteiger charge is -1.94. The summed E-state index contributed by atoms with van der Waals surface area (Å²) in [6, 6.07) is 7.12. The van der Waals surface area contributed by atoms with Gasteiger partial charge in [-0.15, -0.1) is 0 Å². The van der Waals surface area contributed by atoms with Gasteiger partial charge in [0.15, 0.2) is 11.4 Å². The van der Waals surface area contributed by atoms with Crippen molar-refractivity contribution in [1.29, 1.82) is 0 Å². The summed E-state index contributed by atoms with van der Waals surface area (Å²) in [5, 5.41) is 0. The third-order valence-electron chi connectivity index (χ3n) is 2.70. The normalized spacial score (nSPS) is 11.4. The average Bonchev–Trinajstić information content (AvgIpc) is 2.69. The maximum absolute atomic E-state index is 11.6. The minimum absolute atomic E-state index is 0.0223. The molecule has 2 aromatic rings. The van der Waals surface area contributed by atoms with Crippen LogP contribution in [0, 0.1) is 0 Å². The highest BCUT2D eigenvalue weighted by molar-refractivity contribution is 5.92. The first-order valence-corrected chi connectivity index (χ1v) is 6.03. The van der Waals surface area contributed by atoms with Crippen molar-refractivity contribution in [2.45, 2.75) is 26.2 Å². The van der Waals surface area contributed by atoms with Crippen molar-refractivity contribution in [1.82, 2.24) is 4.57 Å². The molecule has 2 rings (SSSR count). The Hall–Kier alpha value is -2.10. The summed E-state index contributed by atoms with van der Waals surface area (Å²) < 4.78 is 6.40. The molecule has 1 aromatic carbocycles. The van der Waals surface area contributed by atoms with Crippen LogP contribution in [-0.4, -0.2) is 10.4 Å². The van der Waals surface area contributed by atoms with Crippen LogP contribution in [0.25, 0.3) is 17.3 Å². The Morgan fingerprint density at radius 3 is 2.94 bits per heavy atom. The summed E-state index contributed by atoms with van der Waals surface area (Å²) in [5.74, 6) is -0.454. The first-order valence-electron chi connectivity index (χ1n) is 6.03. The number of allylic oxidation sites excluding steroid dienone is 1. The maximum Gasteiger partial charge on any atom is 0.424 e. The smallest absolute Gasteiger partial charge is 0.407 e. The first-order chi connectivity index (χ1) is 8.72. The van der Waals surface area contributed by atoms with Crippen LogP contribution in [-0.2, 0) is 4.79 Å². The average molecular weight is 245 g/mol. The fourth-order valence-electron chi connectivity index (χ4n) is 1.72. The molecule has 1 aromatic heterocycles. The van der Waals surface area contributed by atoms with Crippen molar-refractivity contribution in [3.05, 3.63) is 40.9 Å². The van der Waals surface area contributed by atoms with Gasteiger partial charge in [-0.1, -0.05) is 25.5 Å². The second kappa shape index (κ2) is 5.49. The molecule has 0 saturated carbocycles. The van der Waals surface area contributed by atoms with Crippen molar-refractivity contribution < 1.29 is 9.21 Å². The van der Waals surface area contributed by atoms with Gasteiger partial charge in [0.1, 0.15) is 0 Å². The Morgan fingerprint density at radius 2 is 2.17 bits per heavy atom. The van der Waals surface area contributed by atoms with E-state index in [2.05, 4.69) is 0 Å². The summed E-state index contributed by atoms with van der Waals surface area (Å²) in [6.45, 7) is 2.03. The number of aromatic nitrogens is 1. The zero-order valence-electron chi connectivity index (χ0n) is 10.3. The van der Waals surface area contributed by atoms with Crippen molar-refractivity contribution in [2.75, 3.05) is 0 Å². The summed E-state index contributed by atoms with van der Waals surface area (Å²) in [5.41, 5.74) is 1.19. The van der Waals surface area contributed by atoms with Crippen LogP contribution in [0.3, 0.4) is 0 Å². The van der Waals surface area contributed by atoms with Gasteiger partial charge in [-0.05, 0) is 24.6 Å². The predicted octanol–water partition coefficient (Wildman–Crippen LogP) is 2.82. The van der Waals surface area contributed by atoms with E-state index in [9.17, 15) is 9.59 Å². The van der Waals surface area contributed by atoms with Gasteiger partial charge in [0, 0.05) is 12.6 Å². The van der Waals surface area contributed by atoms with Gasteiger partial charge in [-0.3, -0.25) is 4.79 Å². The zero-order valence-corrected chi connectivity index (χ0v) is 10.3. The van der Waals surface area contributed by atoms with E-state index in [4.69, 9.17) is 4.42 Å². The van der Waals surface area contributed by atoms with Crippen LogP contribution in [0.5, 0.6) is 0 Å². The Balaban J connectivity index is 2.26. The molecule has 0 aliphatic carbocycles. The number of nitrogens with zero attached hydrogens (tertiary/aromatic N) is 1. The van der Waals surface area contributed by atoms with Crippen LogP contribution in [0.4, 0.5) is 0 Å². The number of benzene rings is 1. The van der Waals surface area contributed by atoms with E-state index in [0.29, 0.717) is 17.5 Å². The van der Waals surface area contributed by atoms with Gasteiger partial charge in [0.05, 0.1) is 5.52 Å². The van der Waals surface area contributed by atoms with E-state index < -0.39 is 5.76 Å². The molecular weight excluding hydrogens is 230 g/mol. The fourth-order valence-corrected chi connectivity index (χ4v) is 1.72. The van der Waals surface area contributed by atoms with E-state index in [1.165, 1.54) is 16.8 Å². The van der Waals surface area contributed by atoms with Crippen molar-refractivity contribution in [3.8, 4) is 0 Å². The quantitative estimate of drug-likeness (QED) is 0.761. The molecule has 94 valence electrons. The van der Waals surface area contributed by atoms with Crippen molar-refractivity contribution >= 4 is 23.1 Å². The van der Waals surface area contributed by atoms with E-state index in [1.54, 1.807) is 18.2 Å². The Morgan fingerprint density at radius 1 is 1.39 bits per heavy atom. The number of hydrogen-bond acceptors (Lipinski definition) is 3. The number of fused-ring (bicyclic) bond motifs is 1. The number of carbonyl (C=O) groups excluding carboxylic acids is 1. The Kier molecular flexibility index (Phi) is 3.77. The van der Waals surface area contributed by atoms with Crippen molar-refractivity contribution in [3.63, 3.8) is 0 Å². The molecule has 4 nitrogen and oxygen atoms in total. The molecule has 0 saturated heterocycles. The van der Waals surface area contributed by atoms with E-state index in [-0.39, 0.29) is 5.78 Å². The summed E-state index contributed by atoms with van der Waals surface area (Å²) >= 11 is 0. The second-order valence-electron chi connectivity index (χ2n) is 4.09. The van der Waals surface area contributed by atoms with Crippen LogP contribution in [0.2, 0.25) is 0 Å². The van der Waals surface area contributed by atoms with Crippen LogP contribution < -0.4 is 5.76 Å². The topological polar surface area (TPSA) is 52.2 Å². The second-order valence-corrected chi connectivity index (χ2v) is 4.09. The lowest BCUT2D eigenvalue weighted by atomic mass is 10.2. The molecule has 1 heterocycles. The maximum atomic E-state index is 11.6. The lowest BCUT2D eigenvalue weighted by Crippen LogP contribution is -2.08. The standard InChI is InChI=1S/C14H15NO3/c1-2-3-6-11(16)9-10-15-12-7-4-5-8-13(12)18-14(15)17/h4-5,7-10H,2-3,6H2,1H3. The predicted molar refractivity (Wildman–Crippen MR) is 70.3 cm³/mol. The molecular formula is C14H15NO3. The number of oxazole rings is 1. The zero-order chi connectivity index (χ0) is 13.0. The monoisotopic (exact) mass is 245 g/mol. The van der Waals surface area contributed by atoms with E-state index >= 15 is 0 Å². The molecule has 0 aliphatic heterocycles. The number of carbonyl (C=O) groups is 1. The largest absolute Gasteiger partial charge is 0.424 e. The van der Waals surface area contributed by atoms with Gasteiger partial charge < -0.3 is 4.42 Å². The third kappa shape index (κ3) is 2.59. The van der Waals surface area contributed by atoms with Gasteiger partial charge in [-0.25, -0.2) is 9.36 Å². The molecule has 0 unspecified atom stereocenters. The molecule has 0 fully saturated rings. The Bertz CT molecular complexity index is 634. The molecule has 0 bridgehead atoms. The minimum Gasteiger partial charge on any atom is -0.407 e. The molecule has 0 atom stereocenters. The highest BCUT2D eigenvalue weighted by Gasteiger charge is 2.05. The third-order valence-corrected chi connectivity index (χ3v) is 2.70. The lowest BCUT2D eigenvalue weighted by molar-refractivity contribution is -0.114.